The van der Waals surface area contributed by atoms with Crippen LogP contribution in [0.2, 0.25) is 0 Å². The van der Waals surface area contributed by atoms with Gasteiger partial charge in [0.15, 0.2) is 0 Å². The fourth-order valence-corrected chi connectivity index (χ4v) is 1.50. The third-order valence-electron chi connectivity index (χ3n) is 2.64. The first-order valence-corrected chi connectivity index (χ1v) is 5.34. The maximum absolute atomic E-state index is 8.89. The normalized spacial score (nSPS) is 11.9. The molecule has 1 aromatic carbocycles. The molecule has 1 aromatic rings. The number of rotatable bonds is 4. The predicted octanol–water partition coefficient (Wildman–Crippen LogP) is 2.98. The van der Waals surface area contributed by atoms with Gasteiger partial charge in [-0.05, 0) is 25.5 Å². The van der Waals surface area contributed by atoms with Crippen LogP contribution in [0.4, 0.5) is 5.69 Å². The Kier molecular flexibility index (Phi) is 4.17. The Morgan fingerprint density at radius 1 is 1.33 bits per heavy atom. The van der Waals surface area contributed by atoms with Crippen LogP contribution in [0.1, 0.15) is 18.9 Å². The molecule has 1 atom stereocenters. The molecule has 0 amide bonds. The van der Waals surface area contributed by atoms with Gasteiger partial charge in [-0.25, -0.2) is 0 Å². The third kappa shape index (κ3) is 3.28. The molecule has 0 aromatic heterocycles. The summed E-state index contributed by atoms with van der Waals surface area (Å²) < 4.78 is 0. The minimum Gasteiger partial charge on any atom is -0.373 e. The molecular weight excluding hydrogens is 184 g/mol. The summed E-state index contributed by atoms with van der Waals surface area (Å²) in [4.78, 5) is 2.14. The standard InChI is InChI=1S/C13H18N2/c1-4-12(9-14)10-15(3)13-7-5-11(2)6-8-13/h5-8,12H,4,10H2,1-3H3. The molecule has 0 fully saturated rings. The molecule has 0 bridgehead atoms. The van der Waals surface area contributed by atoms with E-state index >= 15 is 0 Å². The summed E-state index contributed by atoms with van der Waals surface area (Å²) in [6.07, 6.45) is 0.909. The van der Waals surface area contributed by atoms with Gasteiger partial charge in [-0.1, -0.05) is 24.6 Å². The highest BCUT2D eigenvalue weighted by Gasteiger charge is 2.08. The van der Waals surface area contributed by atoms with E-state index in [2.05, 4.69) is 49.1 Å². The van der Waals surface area contributed by atoms with Crippen molar-refractivity contribution in [3.8, 4) is 6.07 Å². The lowest BCUT2D eigenvalue weighted by Crippen LogP contribution is -2.24. The number of anilines is 1. The summed E-state index contributed by atoms with van der Waals surface area (Å²) in [6.45, 7) is 4.93. The molecule has 1 unspecified atom stereocenters. The Labute approximate surface area is 92.1 Å². The summed E-state index contributed by atoms with van der Waals surface area (Å²) in [6, 6.07) is 10.7. The highest BCUT2D eigenvalue weighted by molar-refractivity contribution is 5.46. The number of nitriles is 1. The highest BCUT2D eigenvalue weighted by Crippen LogP contribution is 2.15. The number of nitrogens with zero attached hydrogens (tertiary/aromatic N) is 2. The summed E-state index contributed by atoms with van der Waals surface area (Å²) in [5, 5.41) is 8.89. The van der Waals surface area contributed by atoms with Crippen LogP contribution in [0, 0.1) is 24.2 Å². The molecule has 1 rings (SSSR count). The van der Waals surface area contributed by atoms with Crippen molar-refractivity contribution in [3.05, 3.63) is 29.8 Å². The zero-order valence-electron chi connectivity index (χ0n) is 9.70. The van der Waals surface area contributed by atoms with E-state index < -0.39 is 0 Å². The second-order valence-corrected chi connectivity index (χ2v) is 3.95. The van der Waals surface area contributed by atoms with Crippen LogP contribution in [0.15, 0.2) is 24.3 Å². The zero-order valence-corrected chi connectivity index (χ0v) is 9.70. The van der Waals surface area contributed by atoms with Gasteiger partial charge >= 0.3 is 0 Å². The van der Waals surface area contributed by atoms with Crippen LogP contribution in [0.5, 0.6) is 0 Å². The van der Waals surface area contributed by atoms with E-state index in [1.165, 1.54) is 11.3 Å². The molecule has 0 heterocycles. The molecule has 0 N–H and O–H groups in total. The lowest BCUT2D eigenvalue weighted by Gasteiger charge is -2.21. The quantitative estimate of drug-likeness (QED) is 0.750. The molecule has 0 spiro atoms. The maximum Gasteiger partial charge on any atom is 0.0674 e. The molecule has 80 valence electrons. The Hall–Kier alpha value is -1.49. The van der Waals surface area contributed by atoms with Crippen LogP contribution in [-0.2, 0) is 0 Å². The summed E-state index contributed by atoms with van der Waals surface area (Å²) in [7, 11) is 2.03. The molecule has 0 aliphatic rings. The number of hydrogen-bond donors (Lipinski definition) is 0. The van der Waals surface area contributed by atoms with E-state index in [1.807, 2.05) is 7.05 Å². The molecule has 0 aliphatic carbocycles. The molecule has 0 aliphatic heterocycles. The van der Waals surface area contributed by atoms with Gasteiger partial charge in [0.05, 0.1) is 12.0 Å². The van der Waals surface area contributed by atoms with Gasteiger partial charge in [0.2, 0.25) is 0 Å². The maximum atomic E-state index is 8.89. The van der Waals surface area contributed by atoms with Gasteiger partial charge < -0.3 is 4.90 Å². The van der Waals surface area contributed by atoms with Crippen LogP contribution < -0.4 is 4.90 Å². The van der Waals surface area contributed by atoms with Gasteiger partial charge in [0, 0.05) is 19.3 Å². The Bertz CT molecular complexity index is 335. The average Bonchev–Trinajstić information content (AvgIpc) is 2.26. The number of benzene rings is 1. The van der Waals surface area contributed by atoms with Crippen molar-refractivity contribution < 1.29 is 0 Å². The van der Waals surface area contributed by atoms with Crippen LogP contribution in [-0.4, -0.2) is 13.6 Å². The van der Waals surface area contributed by atoms with E-state index in [-0.39, 0.29) is 5.92 Å². The summed E-state index contributed by atoms with van der Waals surface area (Å²) in [5.41, 5.74) is 2.44. The van der Waals surface area contributed by atoms with Gasteiger partial charge in [-0.2, -0.15) is 5.26 Å². The topological polar surface area (TPSA) is 27.0 Å². The smallest absolute Gasteiger partial charge is 0.0674 e. The second-order valence-electron chi connectivity index (χ2n) is 3.95. The lowest BCUT2D eigenvalue weighted by atomic mass is 10.1. The van der Waals surface area contributed by atoms with Gasteiger partial charge in [0.1, 0.15) is 0 Å². The van der Waals surface area contributed by atoms with E-state index in [0.717, 1.165) is 13.0 Å². The molecule has 0 saturated carbocycles. The molecule has 0 saturated heterocycles. The fourth-order valence-electron chi connectivity index (χ4n) is 1.50. The summed E-state index contributed by atoms with van der Waals surface area (Å²) >= 11 is 0. The lowest BCUT2D eigenvalue weighted by molar-refractivity contribution is 0.631. The van der Waals surface area contributed by atoms with Gasteiger partial charge in [0.25, 0.3) is 0 Å². The largest absolute Gasteiger partial charge is 0.373 e. The van der Waals surface area contributed by atoms with E-state index in [1.54, 1.807) is 0 Å². The average molecular weight is 202 g/mol. The van der Waals surface area contributed by atoms with E-state index in [4.69, 9.17) is 5.26 Å². The van der Waals surface area contributed by atoms with Crippen molar-refractivity contribution >= 4 is 5.69 Å². The van der Waals surface area contributed by atoms with Gasteiger partial charge in [-0.15, -0.1) is 0 Å². The Balaban J connectivity index is 2.65. The van der Waals surface area contributed by atoms with Crippen LogP contribution >= 0.6 is 0 Å². The van der Waals surface area contributed by atoms with Crippen molar-refractivity contribution in [2.75, 3.05) is 18.5 Å². The Morgan fingerprint density at radius 3 is 2.40 bits per heavy atom. The van der Waals surface area contributed by atoms with Crippen molar-refractivity contribution in [2.45, 2.75) is 20.3 Å². The fraction of sp³-hybridized carbons (Fsp3) is 0.462. The van der Waals surface area contributed by atoms with Crippen LogP contribution in [0.3, 0.4) is 0 Å². The first kappa shape index (κ1) is 11.6. The van der Waals surface area contributed by atoms with Crippen molar-refractivity contribution in [1.82, 2.24) is 0 Å². The van der Waals surface area contributed by atoms with Gasteiger partial charge in [-0.3, -0.25) is 0 Å². The Morgan fingerprint density at radius 2 is 1.93 bits per heavy atom. The highest BCUT2D eigenvalue weighted by atomic mass is 15.1. The second kappa shape index (κ2) is 5.41. The van der Waals surface area contributed by atoms with Crippen molar-refractivity contribution in [3.63, 3.8) is 0 Å². The minimum absolute atomic E-state index is 0.122. The minimum atomic E-state index is 0.122. The van der Waals surface area contributed by atoms with Crippen molar-refractivity contribution in [1.29, 1.82) is 5.26 Å². The monoisotopic (exact) mass is 202 g/mol. The summed E-state index contributed by atoms with van der Waals surface area (Å²) in [5.74, 6) is 0.122. The zero-order chi connectivity index (χ0) is 11.3. The first-order valence-electron chi connectivity index (χ1n) is 5.34. The molecule has 2 nitrogen and oxygen atoms in total. The first-order chi connectivity index (χ1) is 7.17. The predicted molar refractivity (Wildman–Crippen MR) is 63.8 cm³/mol. The van der Waals surface area contributed by atoms with Crippen LogP contribution in [0.25, 0.3) is 0 Å². The molecular formula is C13H18N2. The van der Waals surface area contributed by atoms with E-state index in [9.17, 15) is 0 Å². The SMILES string of the molecule is CCC(C#N)CN(C)c1ccc(C)cc1. The third-order valence-corrected chi connectivity index (χ3v) is 2.64. The molecule has 2 heteroatoms. The molecule has 0 radical (unpaired) electrons. The van der Waals surface area contributed by atoms with E-state index in [0.29, 0.717) is 0 Å². The number of hydrogen-bond acceptors (Lipinski definition) is 2. The van der Waals surface area contributed by atoms with Crippen molar-refractivity contribution in [2.24, 2.45) is 5.92 Å². The molecule has 15 heavy (non-hydrogen) atoms. The number of aryl methyl sites for hydroxylation is 1.